The van der Waals surface area contributed by atoms with Gasteiger partial charge in [-0.1, -0.05) is 17.7 Å². The van der Waals surface area contributed by atoms with Gasteiger partial charge < -0.3 is 14.6 Å². The van der Waals surface area contributed by atoms with Gasteiger partial charge in [-0.2, -0.15) is 0 Å². The number of methoxy groups -OCH3 is 1. The maximum Gasteiger partial charge on any atom is 0.253 e. The van der Waals surface area contributed by atoms with E-state index in [9.17, 15) is 4.79 Å². The summed E-state index contributed by atoms with van der Waals surface area (Å²) in [5.41, 5.74) is 6.14. The predicted octanol–water partition coefficient (Wildman–Crippen LogP) is 6.40. The lowest BCUT2D eigenvalue weighted by molar-refractivity contribution is 0.0957. The van der Waals surface area contributed by atoms with Crippen LogP contribution >= 0.6 is 11.3 Å². The molecule has 1 aliphatic carbocycles. The normalized spacial score (nSPS) is 13.5. The average Bonchev–Trinajstić information content (AvgIpc) is 3.47. The summed E-state index contributed by atoms with van der Waals surface area (Å²) in [7, 11) is 1.67. The van der Waals surface area contributed by atoms with Crippen LogP contribution in [-0.2, 0) is 6.54 Å². The Morgan fingerprint density at radius 3 is 2.82 bits per heavy atom. The number of nitrogens with zero attached hydrogens (tertiary/aromatic N) is 2. The van der Waals surface area contributed by atoms with Crippen molar-refractivity contribution in [1.29, 1.82) is 0 Å². The fraction of sp³-hybridized carbons (Fsp3) is 0.333. The Morgan fingerprint density at radius 1 is 1.30 bits per heavy atom. The molecule has 0 fully saturated rings. The Balaban J connectivity index is 1.66. The van der Waals surface area contributed by atoms with E-state index in [0.29, 0.717) is 12.1 Å². The second-order valence-corrected chi connectivity index (χ2v) is 9.16. The molecule has 4 rings (SSSR count). The number of thiazole rings is 1. The van der Waals surface area contributed by atoms with Crippen molar-refractivity contribution in [2.24, 2.45) is 0 Å². The van der Waals surface area contributed by atoms with Crippen LogP contribution < -0.4 is 10.1 Å². The van der Waals surface area contributed by atoms with Crippen molar-refractivity contribution in [3.63, 3.8) is 0 Å². The van der Waals surface area contributed by atoms with Gasteiger partial charge in [0.2, 0.25) is 0 Å². The number of allylic oxidation sites excluding steroid dienone is 2. The molecule has 0 spiro atoms. The lowest BCUT2D eigenvalue weighted by atomic mass is 9.97. The molecule has 5 nitrogen and oxygen atoms in total. The SMILES string of the molecule is C=CCNC(=O)c1cc(-c2csc(-c3ccc(OC)cc3)n2)n(CCC2=CCCCC2)c1C. The van der Waals surface area contributed by atoms with E-state index >= 15 is 0 Å². The first kappa shape index (κ1) is 23.1. The van der Waals surface area contributed by atoms with Gasteiger partial charge in [-0.25, -0.2) is 4.98 Å². The number of hydrogen-bond donors (Lipinski definition) is 1. The van der Waals surface area contributed by atoms with Gasteiger partial charge in [0.05, 0.1) is 24.1 Å². The number of carbonyl (C=O) groups excluding carboxylic acids is 1. The summed E-state index contributed by atoms with van der Waals surface area (Å²) in [6, 6.07) is 9.92. The minimum atomic E-state index is -0.0742. The quantitative estimate of drug-likeness (QED) is 0.375. The predicted molar refractivity (Wildman–Crippen MR) is 136 cm³/mol. The molecule has 0 radical (unpaired) electrons. The van der Waals surface area contributed by atoms with Crippen molar-refractivity contribution in [3.8, 4) is 27.7 Å². The van der Waals surface area contributed by atoms with Gasteiger partial charge in [0.25, 0.3) is 5.91 Å². The van der Waals surface area contributed by atoms with Crippen LogP contribution in [0.1, 0.15) is 48.2 Å². The molecule has 0 bridgehead atoms. The molecule has 0 saturated heterocycles. The first-order chi connectivity index (χ1) is 16.1. The van der Waals surface area contributed by atoms with E-state index in [1.807, 2.05) is 37.3 Å². The van der Waals surface area contributed by atoms with Crippen LogP contribution in [0.5, 0.6) is 5.75 Å². The molecule has 1 N–H and O–H groups in total. The molecule has 1 amide bonds. The molecule has 6 heteroatoms. The third-order valence-corrected chi connectivity index (χ3v) is 7.05. The van der Waals surface area contributed by atoms with Crippen molar-refractivity contribution in [2.45, 2.75) is 45.6 Å². The van der Waals surface area contributed by atoms with E-state index in [-0.39, 0.29) is 5.91 Å². The smallest absolute Gasteiger partial charge is 0.253 e. The number of nitrogens with one attached hydrogen (secondary N) is 1. The first-order valence-electron chi connectivity index (χ1n) is 11.5. The lowest BCUT2D eigenvalue weighted by Crippen LogP contribution is -2.23. The highest BCUT2D eigenvalue weighted by Gasteiger charge is 2.20. The number of amides is 1. The van der Waals surface area contributed by atoms with Crippen LogP contribution in [0.2, 0.25) is 0 Å². The van der Waals surface area contributed by atoms with Crippen LogP contribution in [0.15, 0.2) is 60.0 Å². The summed E-state index contributed by atoms with van der Waals surface area (Å²) in [4.78, 5) is 17.7. The molecule has 33 heavy (non-hydrogen) atoms. The molecular weight excluding hydrogens is 430 g/mol. The van der Waals surface area contributed by atoms with E-state index in [0.717, 1.165) is 46.4 Å². The second-order valence-electron chi connectivity index (χ2n) is 8.30. The number of hydrogen-bond acceptors (Lipinski definition) is 4. The van der Waals surface area contributed by atoms with Gasteiger partial charge in [-0.3, -0.25) is 4.79 Å². The Hall–Kier alpha value is -3.12. The van der Waals surface area contributed by atoms with Crippen molar-refractivity contribution in [2.75, 3.05) is 13.7 Å². The number of benzene rings is 1. The molecule has 1 aromatic carbocycles. The van der Waals surface area contributed by atoms with Crippen LogP contribution in [0.4, 0.5) is 0 Å². The van der Waals surface area contributed by atoms with E-state index in [2.05, 4.69) is 27.9 Å². The summed E-state index contributed by atoms with van der Waals surface area (Å²) >= 11 is 1.61. The third-order valence-electron chi connectivity index (χ3n) is 6.16. The van der Waals surface area contributed by atoms with E-state index in [1.54, 1.807) is 24.5 Å². The highest BCUT2D eigenvalue weighted by atomic mass is 32.1. The van der Waals surface area contributed by atoms with Gasteiger partial charge in [-0.15, -0.1) is 17.9 Å². The maximum absolute atomic E-state index is 12.8. The van der Waals surface area contributed by atoms with Crippen molar-refractivity contribution in [3.05, 3.63) is 71.3 Å². The molecule has 2 aromatic heterocycles. The highest BCUT2D eigenvalue weighted by molar-refractivity contribution is 7.13. The van der Waals surface area contributed by atoms with Gasteiger partial charge >= 0.3 is 0 Å². The summed E-state index contributed by atoms with van der Waals surface area (Å²) in [5, 5.41) is 5.95. The zero-order valence-corrected chi connectivity index (χ0v) is 20.2. The van der Waals surface area contributed by atoms with Crippen molar-refractivity contribution < 1.29 is 9.53 Å². The molecule has 0 saturated carbocycles. The van der Waals surface area contributed by atoms with Crippen LogP contribution in [0.3, 0.4) is 0 Å². The van der Waals surface area contributed by atoms with Crippen molar-refractivity contribution >= 4 is 17.2 Å². The number of aromatic nitrogens is 2. The zero-order chi connectivity index (χ0) is 23.2. The minimum absolute atomic E-state index is 0.0742. The Morgan fingerprint density at radius 2 is 2.12 bits per heavy atom. The number of ether oxygens (including phenoxy) is 1. The number of carbonyl (C=O) groups is 1. The van der Waals surface area contributed by atoms with Gasteiger partial charge in [0, 0.05) is 29.7 Å². The van der Waals surface area contributed by atoms with Crippen LogP contribution in [-0.4, -0.2) is 29.1 Å². The lowest BCUT2D eigenvalue weighted by Gasteiger charge is -2.15. The largest absolute Gasteiger partial charge is 0.497 e. The first-order valence-corrected chi connectivity index (χ1v) is 12.4. The molecule has 3 aromatic rings. The fourth-order valence-corrected chi connectivity index (χ4v) is 5.10. The topological polar surface area (TPSA) is 56.1 Å². The average molecular weight is 462 g/mol. The summed E-state index contributed by atoms with van der Waals surface area (Å²) in [5.74, 6) is 0.752. The Bertz CT molecular complexity index is 1150. The molecule has 1 aliphatic rings. The Kier molecular flexibility index (Phi) is 7.45. The summed E-state index contributed by atoms with van der Waals surface area (Å²) in [6.07, 6.45) is 10.0. The maximum atomic E-state index is 12.8. The molecule has 0 aliphatic heterocycles. The van der Waals surface area contributed by atoms with Crippen LogP contribution in [0.25, 0.3) is 22.0 Å². The van der Waals surface area contributed by atoms with Gasteiger partial charge in [0.15, 0.2) is 0 Å². The zero-order valence-electron chi connectivity index (χ0n) is 19.4. The molecular formula is C27H31N3O2S. The van der Waals surface area contributed by atoms with E-state index < -0.39 is 0 Å². The van der Waals surface area contributed by atoms with Crippen molar-refractivity contribution in [1.82, 2.24) is 14.9 Å². The van der Waals surface area contributed by atoms with Crippen LogP contribution in [0, 0.1) is 6.92 Å². The Labute approximate surface area is 199 Å². The van der Waals surface area contributed by atoms with Gasteiger partial charge in [-0.05, 0) is 69.4 Å². The molecule has 2 heterocycles. The third kappa shape index (κ3) is 5.28. The molecule has 0 unspecified atom stereocenters. The fourth-order valence-electron chi connectivity index (χ4n) is 4.28. The number of rotatable bonds is 9. The minimum Gasteiger partial charge on any atom is -0.497 e. The molecule has 0 atom stereocenters. The van der Waals surface area contributed by atoms with Gasteiger partial charge in [0.1, 0.15) is 10.8 Å². The second kappa shape index (κ2) is 10.7. The van der Waals surface area contributed by atoms with E-state index in [4.69, 9.17) is 9.72 Å². The summed E-state index contributed by atoms with van der Waals surface area (Å²) in [6.45, 7) is 7.02. The standard InChI is InChI=1S/C27H31N3O2S/c1-4-15-28-26(31)23-17-25(30(19(23)2)16-14-20-8-6-5-7-9-20)24-18-33-27(29-24)21-10-12-22(32-3)13-11-21/h4,8,10-13,17-18H,1,5-7,9,14-16H2,2-3H3,(H,28,31). The summed E-state index contributed by atoms with van der Waals surface area (Å²) < 4.78 is 7.52. The highest BCUT2D eigenvalue weighted by Crippen LogP contribution is 2.33. The van der Waals surface area contributed by atoms with E-state index in [1.165, 1.54) is 31.3 Å². The monoisotopic (exact) mass is 461 g/mol. The molecule has 172 valence electrons.